The average Bonchev–Trinajstić information content (AvgIpc) is 2.89. The summed E-state index contributed by atoms with van der Waals surface area (Å²) in [7, 11) is 0.702. The molecule has 5 nitrogen and oxygen atoms in total. The van der Waals surface area contributed by atoms with Gasteiger partial charge in [-0.15, -0.1) is 12.4 Å². The SMILES string of the molecule is COc1cc(CN)ccc1Oc1ccc2c(c1)B(O)OC2.Cl. The molecule has 0 atom stereocenters. The summed E-state index contributed by atoms with van der Waals surface area (Å²) in [5.74, 6) is 1.84. The minimum Gasteiger partial charge on any atom is -0.493 e. The molecule has 0 aromatic heterocycles. The third-order valence-corrected chi connectivity index (χ3v) is 3.47. The van der Waals surface area contributed by atoms with Gasteiger partial charge in [0, 0.05) is 6.54 Å². The molecule has 7 heteroatoms. The van der Waals surface area contributed by atoms with Crippen molar-refractivity contribution in [2.75, 3.05) is 7.11 Å². The second kappa shape index (κ2) is 7.02. The number of ether oxygens (including phenoxy) is 2. The van der Waals surface area contributed by atoms with Crippen molar-refractivity contribution in [1.29, 1.82) is 0 Å². The van der Waals surface area contributed by atoms with Gasteiger partial charge in [-0.25, -0.2) is 0 Å². The van der Waals surface area contributed by atoms with Crippen molar-refractivity contribution in [3.8, 4) is 17.2 Å². The first kappa shape index (κ1) is 16.6. The van der Waals surface area contributed by atoms with Gasteiger partial charge in [-0.2, -0.15) is 0 Å². The fourth-order valence-corrected chi connectivity index (χ4v) is 2.31. The molecule has 0 spiro atoms. The number of fused-ring (bicyclic) bond motifs is 1. The van der Waals surface area contributed by atoms with Crippen molar-refractivity contribution in [1.82, 2.24) is 0 Å². The van der Waals surface area contributed by atoms with Gasteiger partial charge in [0.15, 0.2) is 11.5 Å². The van der Waals surface area contributed by atoms with Gasteiger partial charge in [0.2, 0.25) is 0 Å². The minimum atomic E-state index is -0.884. The van der Waals surface area contributed by atoms with Crippen LogP contribution in [0.1, 0.15) is 11.1 Å². The predicted molar refractivity (Wildman–Crippen MR) is 87.0 cm³/mol. The summed E-state index contributed by atoms with van der Waals surface area (Å²) >= 11 is 0. The van der Waals surface area contributed by atoms with Crippen LogP contribution in [0.3, 0.4) is 0 Å². The molecule has 116 valence electrons. The molecule has 3 rings (SSSR count). The number of methoxy groups -OCH3 is 1. The van der Waals surface area contributed by atoms with Gasteiger partial charge in [-0.3, -0.25) is 0 Å². The van der Waals surface area contributed by atoms with Gasteiger partial charge in [0.05, 0.1) is 13.7 Å². The summed E-state index contributed by atoms with van der Waals surface area (Å²) in [6.45, 7) is 0.865. The summed E-state index contributed by atoms with van der Waals surface area (Å²) in [5.41, 5.74) is 8.30. The maximum atomic E-state index is 9.72. The number of rotatable bonds is 4. The Balaban J connectivity index is 0.00000176. The monoisotopic (exact) mass is 321 g/mol. The van der Waals surface area contributed by atoms with E-state index in [4.69, 9.17) is 19.9 Å². The van der Waals surface area contributed by atoms with Crippen molar-refractivity contribution in [3.63, 3.8) is 0 Å². The van der Waals surface area contributed by atoms with Crippen LogP contribution < -0.4 is 20.7 Å². The second-order valence-corrected chi connectivity index (χ2v) is 4.82. The van der Waals surface area contributed by atoms with Gasteiger partial charge in [-0.05, 0) is 40.9 Å². The Kier molecular flexibility index (Phi) is 5.31. The van der Waals surface area contributed by atoms with Crippen molar-refractivity contribution >= 4 is 25.0 Å². The summed E-state index contributed by atoms with van der Waals surface area (Å²) in [4.78, 5) is 0. The van der Waals surface area contributed by atoms with E-state index in [2.05, 4.69) is 0 Å². The summed E-state index contributed by atoms with van der Waals surface area (Å²) in [5, 5.41) is 9.72. The van der Waals surface area contributed by atoms with Crippen LogP contribution in [0, 0.1) is 0 Å². The first-order valence-corrected chi connectivity index (χ1v) is 6.68. The average molecular weight is 322 g/mol. The standard InChI is InChI=1S/C15H16BNO4.ClH/c1-19-15-6-10(8-17)2-5-14(15)21-12-4-3-11-9-20-16(18)13(11)7-12;/h2-7,18H,8-9,17H2,1H3;1H. The highest BCUT2D eigenvalue weighted by atomic mass is 35.5. The zero-order valence-corrected chi connectivity index (χ0v) is 12.9. The highest BCUT2D eigenvalue weighted by Gasteiger charge is 2.27. The smallest absolute Gasteiger partial charge is 0.491 e. The quantitative estimate of drug-likeness (QED) is 0.837. The summed E-state index contributed by atoms with van der Waals surface area (Å²) in [6, 6.07) is 11.1. The van der Waals surface area contributed by atoms with Crippen LogP contribution >= 0.6 is 12.4 Å². The molecule has 1 aliphatic rings. The van der Waals surface area contributed by atoms with Crippen LogP contribution in [-0.4, -0.2) is 19.3 Å². The van der Waals surface area contributed by atoms with E-state index in [1.807, 2.05) is 30.3 Å². The molecular formula is C15H17BClNO4. The van der Waals surface area contributed by atoms with Crippen molar-refractivity contribution < 1.29 is 19.2 Å². The van der Waals surface area contributed by atoms with Gasteiger partial charge >= 0.3 is 7.12 Å². The first-order valence-electron chi connectivity index (χ1n) is 6.68. The number of hydrogen-bond donors (Lipinski definition) is 2. The van der Waals surface area contributed by atoms with Crippen LogP contribution in [0.15, 0.2) is 36.4 Å². The van der Waals surface area contributed by atoms with E-state index in [0.29, 0.717) is 30.4 Å². The Hall–Kier alpha value is -1.73. The number of hydrogen-bond acceptors (Lipinski definition) is 5. The number of benzene rings is 2. The number of nitrogens with two attached hydrogens (primary N) is 1. The number of halogens is 1. The fraction of sp³-hybridized carbons (Fsp3) is 0.200. The molecule has 0 saturated heterocycles. The van der Waals surface area contributed by atoms with Crippen molar-refractivity contribution in [2.24, 2.45) is 5.73 Å². The Bertz CT molecular complexity index is 668. The second-order valence-electron chi connectivity index (χ2n) is 4.82. The van der Waals surface area contributed by atoms with Crippen molar-refractivity contribution in [2.45, 2.75) is 13.2 Å². The Labute approximate surface area is 135 Å². The first-order chi connectivity index (χ1) is 10.2. The third kappa shape index (κ3) is 3.20. The molecule has 1 aliphatic heterocycles. The van der Waals surface area contributed by atoms with Crippen LogP contribution in [0.25, 0.3) is 0 Å². The van der Waals surface area contributed by atoms with Crippen LogP contribution in [0.2, 0.25) is 0 Å². The Morgan fingerprint density at radius 2 is 2.05 bits per heavy atom. The zero-order chi connectivity index (χ0) is 14.8. The molecule has 1 heterocycles. The van der Waals surface area contributed by atoms with Crippen molar-refractivity contribution in [3.05, 3.63) is 47.5 Å². The highest BCUT2D eigenvalue weighted by molar-refractivity contribution is 6.61. The summed E-state index contributed by atoms with van der Waals surface area (Å²) < 4.78 is 16.3. The van der Waals surface area contributed by atoms with Gasteiger partial charge in [0.25, 0.3) is 0 Å². The van der Waals surface area contributed by atoms with E-state index >= 15 is 0 Å². The molecular weight excluding hydrogens is 304 g/mol. The molecule has 0 radical (unpaired) electrons. The molecule has 0 unspecified atom stereocenters. The topological polar surface area (TPSA) is 73.9 Å². The predicted octanol–water partition coefficient (Wildman–Crippen LogP) is 1.59. The maximum absolute atomic E-state index is 9.72. The molecule has 2 aromatic rings. The van der Waals surface area contributed by atoms with Gasteiger partial charge < -0.3 is 24.9 Å². The lowest BCUT2D eigenvalue weighted by atomic mass is 9.79. The van der Waals surface area contributed by atoms with E-state index in [0.717, 1.165) is 16.6 Å². The molecule has 0 saturated carbocycles. The largest absolute Gasteiger partial charge is 0.493 e. The normalized spacial score (nSPS) is 12.6. The van der Waals surface area contributed by atoms with E-state index in [-0.39, 0.29) is 12.4 Å². The molecule has 2 aromatic carbocycles. The molecule has 22 heavy (non-hydrogen) atoms. The molecule has 0 bridgehead atoms. The highest BCUT2D eigenvalue weighted by Crippen LogP contribution is 2.32. The lowest BCUT2D eigenvalue weighted by Gasteiger charge is -2.12. The molecule has 0 aliphatic carbocycles. The van der Waals surface area contributed by atoms with E-state index in [1.165, 1.54) is 0 Å². The lowest BCUT2D eigenvalue weighted by molar-refractivity contribution is 0.275. The zero-order valence-electron chi connectivity index (χ0n) is 12.1. The Morgan fingerprint density at radius 1 is 1.23 bits per heavy atom. The molecule has 3 N–H and O–H groups in total. The maximum Gasteiger partial charge on any atom is 0.491 e. The summed E-state index contributed by atoms with van der Waals surface area (Å²) in [6.07, 6.45) is 0. The Morgan fingerprint density at radius 3 is 2.77 bits per heavy atom. The van der Waals surface area contributed by atoms with Crippen LogP contribution in [-0.2, 0) is 17.8 Å². The van der Waals surface area contributed by atoms with E-state index in [9.17, 15) is 5.02 Å². The van der Waals surface area contributed by atoms with Gasteiger partial charge in [0.1, 0.15) is 5.75 Å². The minimum absolute atomic E-state index is 0. The van der Waals surface area contributed by atoms with Crippen LogP contribution in [0.5, 0.6) is 17.2 Å². The fourth-order valence-electron chi connectivity index (χ4n) is 2.31. The molecule has 0 amide bonds. The lowest BCUT2D eigenvalue weighted by Crippen LogP contribution is -2.27. The van der Waals surface area contributed by atoms with Gasteiger partial charge in [-0.1, -0.05) is 12.1 Å². The molecule has 0 fully saturated rings. The van der Waals surface area contributed by atoms with Crippen LogP contribution in [0.4, 0.5) is 0 Å². The third-order valence-electron chi connectivity index (χ3n) is 3.47. The van der Waals surface area contributed by atoms with E-state index < -0.39 is 7.12 Å². The van der Waals surface area contributed by atoms with E-state index in [1.54, 1.807) is 13.2 Å².